The number of hydrogen-bond donors (Lipinski definition) is 2. The Hall–Kier alpha value is -2.66. The highest BCUT2D eigenvalue weighted by atomic mass is 16.5. The molecule has 4 fully saturated rings. The lowest BCUT2D eigenvalue weighted by molar-refractivity contribution is -0.167. The van der Waals surface area contributed by atoms with Crippen molar-refractivity contribution in [3.63, 3.8) is 0 Å². The van der Waals surface area contributed by atoms with Crippen molar-refractivity contribution in [1.29, 1.82) is 0 Å². The highest BCUT2D eigenvalue weighted by Crippen LogP contribution is 2.68. The second kappa shape index (κ2) is 21.4. The number of aliphatic hydroxyl groups excluding tert-OH is 1. The van der Waals surface area contributed by atoms with Crippen molar-refractivity contribution in [1.82, 2.24) is 5.32 Å². The van der Waals surface area contributed by atoms with E-state index in [9.17, 15) is 14.7 Å². The quantitative estimate of drug-likeness (QED) is 0.103. The molecule has 0 spiro atoms. The summed E-state index contributed by atoms with van der Waals surface area (Å²) < 4.78 is 4.93. The molecule has 4 aliphatic carbocycles. The average Bonchev–Trinajstić information content (AvgIpc) is 3.50. The summed E-state index contributed by atoms with van der Waals surface area (Å²) in [6.07, 6.45) is 41.8. The number of fused-ring (bicyclic) bond motifs is 5. The van der Waals surface area contributed by atoms with Crippen molar-refractivity contribution in [2.75, 3.05) is 7.11 Å². The molecule has 0 aromatic heterocycles. The van der Waals surface area contributed by atoms with Gasteiger partial charge in [-0.2, -0.15) is 0 Å². The molecule has 5 unspecified atom stereocenters. The first-order valence-corrected chi connectivity index (χ1v) is 21.5. The van der Waals surface area contributed by atoms with E-state index in [1.54, 1.807) is 0 Å². The molecule has 5 nitrogen and oxygen atoms in total. The van der Waals surface area contributed by atoms with Crippen LogP contribution in [0.1, 0.15) is 150 Å². The number of allylic oxidation sites excluding steroid dienone is 12. The van der Waals surface area contributed by atoms with Gasteiger partial charge in [0.25, 0.3) is 0 Å². The van der Waals surface area contributed by atoms with Crippen molar-refractivity contribution in [2.45, 2.75) is 162 Å². The van der Waals surface area contributed by atoms with Gasteiger partial charge in [-0.05, 0) is 156 Å². The van der Waals surface area contributed by atoms with Crippen LogP contribution in [0.5, 0.6) is 0 Å². The van der Waals surface area contributed by atoms with Gasteiger partial charge >= 0.3 is 5.97 Å². The number of nitrogens with one attached hydrogen (secondary N) is 1. The SMILES string of the molecule is CC/C=C\C/C=C\C/C=C\C/C=C\C/C(C)=C\C/C=C\CCC(=O)N[C@@H]1CC[C@@]2(C)C(C1)C[C@H](O)C1C2CC[C@@]2(C)C1CCC2[C@H](C)CCC(=O)OC. The molecule has 4 rings (SSSR count). The zero-order valence-electron chi connectivity index (χ0n) is 34.4. The van der Waals surface area contributed by atoms with Crippen LogP contribution in [0.2, 0.25) is 0 Å². The summed E-state index contributed by atoms with van der Waals surface area (Å²) in [6, 6.07) is 0.220. The van der Waals surface area contributed by atoms with Crippen LogP contribution >= 0.6 is 0 Å². The molecule has 0 aromatic rings. The lowest BCUT2D eigenvalue weighted by Gasteiger charge is -2.62. The third-order valence-electron chi connectivity index (χ3n) is 14.3. The van der Waals surface area contributed by atoms with E-state index in [1.807, 2.05) is 0 Å². The average molecular weight is 730 g/mol. The Morgan fingerprint density at radius 3 is 2.15 bits per heavy atom. The van der Waals surface area contributed by atoms with Crippen molar-refractivity contribution in [2.24, 2.45) is 46.3 Å². The van der Waals surface area contributed by atoms with Gasteiger partial charge in [0.15, 0.2) is 0 Å². The fourth-order valence-corrected chi connectivity index (χ4v) is 11.3. The van der Waals surface area contributed by atoms with E-state index >= 15 is 0 Å². The minimum Gasteiger partial charge on any atom is -0.469 e. The minimum absolute atomic E-state index is 0.103. The van der Waals surface area contributed by atoms with Crippen molar-refractivity contribution in [3.05, 3.63) is 72.4 Å². The molecule has 10 atom stereocenters. The minimum atomic E-state index is -0.252. The number of carbonyl (C=O) groups excluding carboxylic acids is 2. The maximum absolute atomic E-state index is 13.0. The molecule has 0 bridgehead atoms. The van der Waals surface area contributed by atoms with E-state index < -0.39 is 0 Å². The maximum Gasteiger partial charge on any atom is 0.305 e. The highest BCUT2D eigenvalue weighted by molar-refractivity contribution is 5.76. The van der Waals surface area contributed by atoms with Gasteiger partial charge < -0.3 is 15.2 Å². The van der Waals surface area contributed by atoms with E-state index in [0.717, 1.165) is 77.0 Å². The van der Waals surface area contributed by atoms with Crippen LogP contribution in [0.15, 0.2) is 72.4 Å². The molecule has 4 saturated carbocycles. The van der Waals surface area contributed by atoms with Gasteiger partial charge in [0.1, 0.15) is 0 Å². The Kier molecular flexibility index (Phi) is 17.4. The van der Waals surface area contributed by atoms with Crippen LogP contribution in [0.4, 0.5) is 0 Å². The molecule has 4 aliphatic rings. The third kappa shape index (κ3) is 11.9. The first kappa shape index (κ1) is 43.1. The zero-order chi connectivity index (χ0) is 38.3. The van der Waals surface area contributed by atoms with Gasteiger partial charge in [-0.1, -0.05) is 100 Å². The summed E-state index contributed by atoms with van der Waals surface area (Å²) in [4.78, 5) is 24.8. The van der Waals surface area contributed by atoms with Crippen molar-refractivity contribution < 1.29 is 19.4 Å². The lowest BCUT2D eigenvalue weighted by atomic mass is 9.43. The Morgan fingerprint density at radius 1 is 0.811 bits per heavy atom. The van der Waals surface area contributed by atoms with E-state index in [2.05, 4.69) is 107 Å². The standard InChI is InChI=1S/C48H75NO4/c1-7-8-9-10-11-12-13-14-15-16-17-20-23-36(2)24-21-18-19-22-25-44(51)49-39-30-32-47(4)38(34-39)35-43(50)46-41-28-27-40(37(3)26-29-45(52)53-6)48(41,5)33-31-42(46)47/h8-9,11-12,14-15,17-20,24,37-43,46,50H,7,10,13,16,21-23,25-35H2,1-6H3,(H,49,51)/b9-8-,12-11-,15-14-,19-18-,20-17-,36-24-/t37-,38?,39-,40?,41?,42?,43+,46?,47+,48-/m1/s1. The topological polar surface area (TPSA) is 75.6 Å². The largest absolute Gasteiger partial charge is 0.469 e. The normalized spacial score (nSPS) is 33.9. The van der Waals surface area contributed by atoms with Crippen LogP contribution in [0.25, 0.3) is 0 Å². The lowest BCUT2D eigenvalue weighted by Crippen LogP contribution is -2.59. The van der Waals surface area contributed by atoms with Gasteiger partial charge in [-0.25, -0.2) is 0 Å². The monoisotopic (exact) mass is 730 g/mol. The summed E-state index contributed by atoms with van der Waals surface area (Å²) in [5.74, 6) is 3.13. The fourth-order valence-electron chi connectivity index (χ4n) is 11.3. The van der Waals surface area contributed by atoms with E-state index in [1.165, 1.54) is 38.4 Å². The molecule has 5 heteroatoms. The highest BCUT2D eigenvalue weighted by Gasteiger charge is 2.62. The predicted octanol–water partition coefficient (Wildman–Crippen LogP) is 11.6. The third-order valence-corrected chi connectivity index (χ3v) is 14.3. The molecule has 0 heterocycles. The molecule has 0 aromatic carbocycles. The van der Waals surface area contributed by atoms with Crippen LogP contribution in [0.3, 0.4) is 0 Å². The van der Waals surface area contributed by atoms with Gasteiger partial charge in [0.05, 0.1) is 13.2 Å². The summed E-state index contributed by atoms with van der Waals surface area (Å²) in [5, 5.41) is 15.2. The maximum atomic E-state index is 13.0. The van der Waals surface area contributed by atoms with E-state index in [0.29, 0.717) is 48.3 Å². The Balaban J connectivity index is 1.14. The van der Waals surface area contributed by atoms with E-state index in [4.69, 9.17) is 4.74 Å². The van der Waals surface area contributed by atoms with E-state index in [-0.39, 0.29) is 34.9 Å². The summed E-state index contributed by atoms with van der Waals surface area (Å²) >= 11 is 0. The number of hydrogen-bond acceptors (Lipinski definition) is 4. The van der Waals surface area contributed by atoms with Crippen molar-refractivity contribution in [3.8, 4) is 0 Å². The summed E-state index contributed by atoms with van der Waals surface area (Å²) in [7, 11) is 1.48. The smallest absolute Gasteiger partial charge is 0.305 e. The Morgan fingerprint density at radius 2 is 1.45 bits per heavy atom. The molecular formula is C48H75NO4. The number of esters is 1. The predicted molar refractivity (Wildman–Crippen MR) is 221 cm³/mol. The second-order valence-corrected chi connectivity index (χ2v) is 17.7. The van der Waals surface area contributed by atoms with Gasteiger partial charge in [-0.3, -0.25) is 9.59 Å². The molecule has 2 N–H and O–H groups in total. The number of methoxy groups -OCH3 is 1. The number of rotatable bonds is 19. The Labute approximate surface area is 324 Å². The molecular weight excluding hydrogens is 655 g/mol. The number of carbonyl (C=O) groups is 2. The molecule has 296 valence electrons. The Bertz CT molecular complexity index is 1340. The number of ether oxygens (including phenoxy) is 1. The van der Waals surface area contributed by atoms with Crippen LogP contribution in [-0.2, 0) is 14.3 Å². The summed E-state index contributed by atoms with van der Waals surface area (Å²) in [6.45, 7) is 11.7. The summed E-state index contributed by atoms with van der Waals surface area (Å²) in [5.41, 5.74) is 1.86. The van der Waals surface area contributed by atoms with Crippen LogP contribution in [-0.4, -0.2) is 36.2 Å². The van der Waals surface area contributed by atoms with Gasteiger partial charge in [-0.15, -0.1) is 0 Å². The van der Waals surface area contributed by atoms with Crippen molar-refractivity contribution >= 4 is 11.9 Å². The molecule has 1 amide bonds. The van der Waals surface area contributed by atoms with Crippen LogP contribution in [0, 0.1) is 46.3 Å². The molecule has 0 saturated heterocycles. The van der Waals surface area contributed by atoms with Crippen LogP contribution < -0.4 is 5.32 Å². The zero-order valence-corrected chi connectivity index (χ0v) is 34.4. The number of amides is 1. The fraction of sp³-hybridized carbons (Fsp3) is 0.708. The van der Waals surface area contributed by atoms with Gasteiger partial charge in [0, 0.05) is 18.9 Å². The first-order chi connectivity index (χ1) is 25.5. The van der Waals surface area contributed by atoms with Gasteiger partial charge in [0.2, 0.25) is 5.91 Å². The molecule has 53 heavy (non-hydrogen) atoms. The molecule has 0 radical (unpaired) electrons. The first-order valence-electron chi connectivity index (χ1n) is 21.5. The second-order valence-electron chi connectivity index (χ2n) is 17.7. The molecule has 0 aliphatic heterocycles. The number of aliphatic hydroxyl groups is 1.